The standard InChI is InChI=1S/C12H21N3O4/c1-12(2,3)8(10(17)18)14-11(19)15-6-4-5-7(15)9(13)16/h7-8H,4-6H2,1-3H3,(H2,13,16)(H,14,19)(H,17,18). The number of nitrogens with one attached hydrogen (secondary N) is 1. The fourth-order valence-electron chi connectivity index (χ4n) is 2.16. The van der Waals surface area contributed by atoms with Gasteiger partial charge in [-0.2, -0.15) is 0 Å². The molecule has 0 bridgehead atoms. The third-order valence-corrected chi connectivity index (χ3v) is 3.22. The van der Waals surface area contributed by atoms with Gasteiger partial charge in [-0.25, -0.2) is 9.59 Å². The van der Waals surface area contributed by atoms with Crippen LogP contribution in [0.4, 0.5) is 4.79 Å². The van der Waals surface area contributed by atoms with Crippen molar-refractivity contribution in [3.63, 3.8) is 0 Å². The summed E-state index contributed by atoms with van der Waals surface area (Å²) in [5, 5.41) is 11.6. The topological polar surface area (TPSA) is 113 Å². The van der Waals surface area contributed by atoms with Crippen molar-refractivity contribution < 1.29 is 19.5 Å². The van der Waals surface area contributed by atoms with Crippen molar-refractivity contribution in [3.05, 3.63) is 0 Å². The Morgan fingerprint density at radius 1 is 1.37 bits per heavy atom. The molecule has 1 rings (SSSR count). The van der Waals surface area contributed by atoms with Crippen molar-refractivity contribution >= 4 is 17.9 Å². The van der Waals surface area contributed by atoms with Gasteiger partial charge in [0.1, 0.15) is 12.1 Å². The second-order valence-corrected chi connectivity index (χ2v) is 5.84. The summed E-state index contributed by atoms with van der Waals surface area (Å²) in [6.07, 6.45) is 1.21. The highest BCUT2D eigenvalue weighted by atomic mass is 16.4. The molecular weight excluding hydrogens is 250 g/mol. The Bertz CT molecular complexity index is 389. The van der Waals surface area contributed by atoms with Crippen LogP contribution in [-0.2, 0) is 9.59 Å². The minimum Gasteiger partial charge on any atom is -0.480 e. The lowest BCUT2D eigenvalue weighted by Crippen LogP contribution is -2.55. The third kappa shape index (κ3) is 3.59. The van der Waals surface area contributed by atoms with E-state index in [2.05, 4.69) is 5.32 Å². The number of urea groups is 1. The molecule has 1 fully saturated rings. The summed E-state index contributed by atoms with van der Waals surface area (Å²) in [4.78, 5) is 35.8. The lowest BCUT2D eigenvalue weighted by Gasteiger charge is -2.31. The summed E-state index contributed by atoms with van der Waals surface area (Å²) < 4.78 is 0. The number of nitrogens with two attached hydrogens (primary N) is 1. The lowest BCUT2D eigenvalue weighted by atomic mass is 9.87. The van der Waals surface area contributed by atoms with Crippen LogP contribution < -0.4 is 11.1 Å². The van der Waals surface area contributed by atoms with Crippen LogP contribution >= 0.6 is 0 Å². The minimum absolute atomic E-state index is 0.413. The molecule has 0 aromatic carbocycles. The van der Waals surface area contributed by atoms with Crippen molar-refractivity contribution in [2.75, 3.05) is 6.54 Å². The van der Waals surface area contributed by atoms with E-state index in [1.807, 2.05) is 0 Å². The molecule has 0 aromatic rings. The zero-order chi connectivity index (χ0) is 14.8. The number of likely N-dealkylation sites (tertiary alicyclic amines) is 1. The summed E-state index contributed by atoms with van der Waals surface area (Å²) in [5.74, 6) is -1.66. The first-order valence-electron chi connectivity index (χ1n) is 6.24. The van der Waals surface area contributed by atoms with Crippen LogP contribution in [0.5, 0.6) is 0 Å². The van der Waals surface area contributed by atoms with Crippen molar-refractivity contribution in [1.29, 1.82) is 0 Å². The van der Waals surface area contributed by atoms with Gasteiger partial charge in [-0.15, -0.1) is 0 Å². The number of amides is 3. The number of carbonyl (C=O) groups excluding carboxylic acids is 2. The van der Waals surface area contributed by atoms with Gasteiger partial charge >= 0.3 is 12.0 Å². The summed E-state index contributed by atoms with van der Waals surface area (Å²) in [7, 11) is 0. The summed E-state index contributed by atoms with van der Waals surface area (Å²) in [5.41, 5.74) is 4.60. The molecule has 3 amide bonds. The molecule has 0 aliphatic carbocycles. The van der Waals surface area contributed by atoms with Crippen LogP contribution in [0, 0.1) is 5.41 Å². The van der Waals surface area contributed by atoms with Crippen molar-refractivity contribution in [2.24, 2.45) is 11.1 Å². The molecule has 1 heterocycles. The van der Waals surface area contributed by atoms with Crippen LogP contribution in [0.3, 0.4) is 0 Å². The van der Waals surface area contributed by atoms with Crippen molar-refractivity contribution in [1.82, 2.24) is 10.2 Å². The Morgan fingerprint density at radius 3 is 2.37 bits per heavy atom. The summed E-state index contributed by atoms with van der Waals surface area (Å²) >= 11 is 0. The molecule has 1 saturated heterocycles. The molecule has 7 heteroatoms. The van der Waals surface area contributed by atoms with Gasteiger partial charge in [0.05, 0.1) is 0 Å². The van der Waals surface area contributed by atoms with E-state index < -0.39 is 35.4 Å². The van der Waals surface area contributed by atoms with Crippen molar-refractivity contribution in [2.45, 2.75) is 45.7 Å². The molecule has 1 aliphatic rings. The fraction of sp³-hybridized carbons (Fsp3) is 0.750. The number of hydrogen-bond donors (Lipinski definition) is 3. The number of carboxylic acid groups (broad SMARTS) is 1. The SMILES string of the molecule is CC(C)(C)C(NC(=O)N1CCCC1C(N)=O)C(=O)O. The highest BCUT2D eigenvalue weighted by Gasteiger charge is 2.37. The van der Waals surface area contributed by atoms with Crippen LogP contribution in [0.25, 0.3) is 0 Å². The van der Waals surface area contributed by atoms with Gasteiger partial charge in [0, 0.05) is 6.54 Å². The van der Waals surface area contributed by atoms with E-state index in [9.17, 15) is 14.4 Å². The van der Waals surface area contributed by atoms with Crippen molar-refractivity contribution in [3.8, 4) is 0 Å². The molecule has 19 heavy (non-hydrogen) atoms. The average molecular weight is 271 g/mol. The molecule has 2 unspecified atom stereocenters. The molecular formula is C12H21N3O4. The molecule has 2 atom stereocenters. The first-order chi connectivity index (χ1) is 8.64. The van der Waals surface area contributed by atoms with Gasteiger partial charge in [0.25, 0.3) is 0 Å². The first kappa shape index (κ1) is 15.3. The smallest absolute Gasteiger partial charge is 0.326 e. The van der Waals surface area contributed by atoms with Crippen LogP contribution in [0.2, 0.25) is 0 Å². The average Bonchev–Trinajstić information content (AvgIpc) is 2.72. The van der Waals surface area contributed by atoms with E-state index in [-0.39, 0.29) is 0 Å². The number of carboxylic acids is 1. The molecule has 108 valence electrons. The molecule has 0 spiro atoms. The molecule has 0 saturated carbocycles. The van der Waals surface area contributed by atoms with Gasteiger partial charge in [0.2, 0.25) is 5.91 Å². The second kappa shape index (κ2) is 5.46. The second-order valence-electron chi connectivity index (χ2n) is 5.84. The number of rotatable bonds is 3. The van der Waals surface area contributed by atoms with Crippen LogP contribution in [0.15, 0.2) is 0 Å². The van der Waals surface area contributed by atoms with E-state index in [4.69, 9.17) is 10.8 Å². The highest BCUT2D eigenvalue weighted by Crippen LogP contribution is 2.21. The first-order valence-corrected chi connectivity index (χ1v) is 6.24. The van der Waals surface area contributed by atoms with Gasteiger partial charge in [-0.05, 0) is 18.3 Å². The predicted molar refractivity (Wildman–Crippen MR) is 68.3 cm³/mol. The predicted octanol–water partition coefficient (Wildman–Crippen LogP) is 0.145. The van der Waals surface area contributed by atoms with Crippen LogP contribution in [0.1, 0.15) is 33.6 Å². The van der Waals surface area contributed by atoms with E-state index in [0.717, 1.165) is 0 Å². The fourth-order valence-corrected chi connectivity index (χ4v) is 2.16. The van der Waals surface area contributed by atoms with E-state index in [1.54, 1.807) is 20.8 Å². The number of primary amides is 1. The Balaban J connectivity index is 2.78. The lowest BCUT2D eigenvalue weighted by molar-refractivity contribution is -0.142. The maximum Gasteiger partial charge on any atom is 0.326 e. The van der Waals surface area contributed by atoms with E-state index in [1.165, 1.54) is 4.90 Å². The molecule has 4 N–H and O–H groups in total. The van der Waals surface area contributed by atoms with Gasteiger partial charge in [0.15, 0.2) is 0 Å². The summed E-state index contributed by atoms with van der Waals surface area (Å²) in [6.45, 7) is 5.58. The largest absolute Gasteiger partial charge is 0.480 e. The quantitative estimate of drug-likeness (QED) is 0.677. The molecule has 7 nitrogen and oxygen atoms in total. The van der Waals surface area contributed by atoms with E-state index in [0.29, 0.717) is 19.4 Å². The van der Waals surface area contributed by atoms with Gasteiger partial charge < -0.3 is 21.1 Å². The van der Waals surface area contributed by atoms with Crippen LogP contribution in [-0.4, -0.2) is 46.5 Å². The molecule has 0 radical (unpaired) electrons. The Morgan fingerprint density at radius 2 is 1.95 bits per heavy atom. The molecule has 0 aromatic heterocycles. The van der Waals surface area contributed by atoms with E-state index >= 15 is 0 Å². The normalized spacial score (nSPS) is 21.0. The maximum atomic E-state index is 12.1. The maximum absolute atomic E-state index is 12.1. The monoisotopic (exact) mass is 271 g/mol. The number of nitrogens with zero attached hydrogens (tertiary/aromatic N) is 1. The Labute approximate surface area is 112 Å². The van der Waals surface area contributed by atoms with Gasteiger partial charge in [-0.1, -0.05) is 20.8 Å². The zero-order valence-corrected chi connectivity index (χ0v) is 11.5. The highest BCUT2D eigenvalue weighted by molar-refractivity contribution is 5.88. The Kier molecular flexibility index (Phi) is 4.39. The Hall–Kier alpha value is -1.79. The number of hydrogen-bond acceptors (Lipinski definition) is 3. The molecule has 1 aliphatic heterocycles. The number of carbonyl (C=O) groups is 3. The number of aliphatic carboxylic acids is 1. The van der Waals surface area contributed by atoms with Gasteiger partial charge in [-0.3, -0.25) is 4.79 Å². The minimum atomic E-state index is -1.10. The summed E-state index contributed by atoms with van der Waals surface area (Å²) in [6, 6.07) is -2.22. The zero-order valence-electron chi connectivity index (χ0n) is 11.5. The third-order valence-electron chi connectivity index (χ3n) is 3.22.